The van der Waals surface area contributed by atoms with Crippen molar-refractivity contribution in [3.63, 3.8) is 0 Å². The van der Waals surface area contributed by atoms with Crippen LogP contribution in [0.25, 0.3) is 0 Å². The van der Waals surface area contributed by atoms with Gasteiger partial charge >= 0.3 is 0 Å². The first-order valence-corrected chi connectivity index (χ1v) is 7.38. The molecule has 0 fully saturated rings. The molecule has 20 heavy (non-hydrogen) atoms. The van der Waals surface area contributed by atoms with E-state index < -0.39 is 0 Å². The van der Waals surface area contributed by atoms with Gasteiger partial charge in [0, 0.05) is 12.5 Å². The molecule has 0 saturated carbocycles. The lowest BCUT2D eigenvalue weighted by atomic mass is 10.1. The fraction of sp³-hybridized carbons (Fsp3) is 0.562. The van der Waals surface area contributed by atoms with Crippen LogP contribution in [0.5, 0.6) is 5.75 Å². The summed E-state index contributed by atoms with van der Waals surface area (Å²) < 4.78 is 5.56. The standard InChI is InChI=1S/C16H26N2O2/c1-3-12-20-15-9-7-14(8-10-15)13(2)18-11-5-4-6-16(17)19/h7-10,13,18H,3-6,11-12H2,1-2H3,(H2,17,19). The lowest BCUT2D eigenvalue weighted by Crippen LogP contribution is -2.20. The maximum Gasteiger partial charge on any atom is 0.217 e. The topological polar surface area (TPSA) is 64.3 Å². The third kappa shape index (κ3) is 6.57. The lowest BCUT2D eigenvalue weighted by Gasteiger charge is -2.14. The Morgan fingerprint density at radius 2 is 2.00 bits per heavy atom. The molecular weight excluding hydrogens is 252 g/mol. The smallest absolute Gasteiger partial charge is 0.217 e. The quantitative estimate of drug-likeness (QED) is 0.647. The molecule has 0 aromatic heterocycles. The fourth-order valence-corrected chi connectivity index (χ4v) is 1.93. The number of unbranched alkanes of at least 4 members (excludes halogenated alkanes) is 1. The number of ether oxygens (including phenoxy) is 1. The van der Waals surface area contributed by atoms with Crippen molar-refractivity contribution in [1.82, 2.24) is 5.32 Å². The molecule has 4 nitrogen and oxygen atoms in total. The predicted molar refractivity (Wildman–Crippen MR) is 81.7 cm³/mol. The van der Waals surface area contributed by atoms with Gasteiger partial charge in [0.15, 0.2) is 0 Å². The van der Waals surface area contributed by atoms with Crippen molar-refractivity contribution in [1.29, 1.82) is 0 Å². The van der Waals surface area contributed by atoms with Gasteiger partial charge in [0.25, 0.3) is 0 Å². The molecule has 1 aromatic rings. The van der Waals surface area contributed by atoms with E-state index >= 15 is 0 Å². The van der Waals surface area contributed by atoms with Gasteiger partial charge in [0.1, 0.15) is 5.75 Å². The van der Waals surface area contributed by atoms with E-state index in [1.165, 1.54) is 5.56 Å². The number of hydrogen-bond acceptors (Lipinski definition) is 3. The molecule has 0 aliphatic carbocycles. The SMILES string of the molecule is CCCOc1ccc(C(C)NCCCCC(N)=O)cc1. The van der Waals surface area contributed by atoms with Gasteiger partial charge < -0.3 is 15.8 Å². The maximum absolute atomic E-state index is 10.6. The van der Waals surface area contributed by atoms with E-state index in [4.69, 9.17) is 10.5 Å². The minimum Gasteiger partial charge on any atom is -0.494 e. The van der Waals surface area contributed by atoms with Gasteiger partial charge in [-0.05, 0) is 50.4 Å². The number of amides is 1. The van der Waals surface area contributed by atoms with Crippen LogP contribution in [0.1, 0.15) is 51.1 Å². The summed E-state index contributed by atoms with van der Waals surface area (Å²) in [5.41, 5.74) is 6.34. The second kappa shape index (κ2) is 9.37. The Morgan fingerprint density at radius 3 is 2.60 bits per heavy atom. The summed E-state index contributed by atoms with van der Waals surface area (Å²) in [6, 6.07) is 8.49. The predicted octanol–water partition coefficient (Wildman–Crippen LogP) is 2.78. The van der Waals surface area contributed by atoms with E-state index in [-0.39, 0.29) is 5.91 Å². The normalized spacial score (nSPS) is 12.1. The van der Waals surface area contributed by atoms with Crippen LogP contribution in [0.3, 0.4) is 0 Å². The second-order valence-corrected chi connectivity index (χ2v) is 5.02. The zero-order chi connectivity index (χ0) is 14.8. The van der Waals surface area contributed by atoms with Gasteiger partial charge in [-0.3, -0.25) is 4.79 Å². The molecular formula is C16H26N2O2. The van der Waals surface area contributed by atoms with Crippen molar-refractivity contribution in [3.8, 4) is 5.75 Å². The van der Waals surface area contributed by atoms with Crippen LogP contribution < -0.4 is 15.8 Å². The average Bonchev–Trinajstić information content (AvgIpc) is 2.44. The Bertz CT molecular complexity index is 390. The van der Waals surface area contributed by atoms with Crippen molar-refractivity contribution in [2.75, 3.05) is 13.2 Å². The third-order valence-corrected chi connectivity index (χ3v) is 3.15. The first-order valence-electron chi connectivity index (χ1n) is 7.38. The molecule has 0 spiro atoms. The molecule has 112 valence electrons. The minimum atomic E-state index is -0.222. The number of rotatable bonds is 10. The largest absolute Gasteiger partial charge is 0.494 e. The molecule has 0 aliphatic rings. The van der Waals surface area contributed by atoms with Crippen LogP contribution in [0.2, 0.25) is 0 Å². The molecule has 0 aliphatic heterocycles. The number of benzene rings is 1. The molecule has 1 aromatic carbocycles. The summed E-state index contributed by atoms with van der Waals surface area (Å²) in [4.78, 5) is 10.6. The van der Waals surface area contributed by atoms with E-state index in [1.807, 2.05) is 12.1 Å². The summed E-state index contributed by atoms with van der Waals surface area (Å²) in [6.45, 7) is 5.88. The van der Waals surface area contributed by atoms with Gasteiger partial charge in [0.05, 0.1) is 6.61 Å². The molecule has 1 rings (SSSR count). The van der Waals surface area contributed by atoms with Gasteiger partial charge in [-0.1, -0.05) is 19.1 Å². The van der Waals surface area contributed by atoms with E-state index in [0.717, 1.165) is 38.2 Å². The molecule has 3 N–H and O–H groups in total. The highest BCUT2D eigenvalue weighted by molar-refractivity contribution is 5.73. The van der Waals surface area contributed by atoms with Crippen molar-refractivity contribution >= 4 is 5.91 Å². The Balaban J connectivity index is 2.28. The van der Waals surface area contributed by atoms with Crippen LogP contribution >= 0.6 is 0 Å². The van der Waals surface area contributed by atoms with Gasteiger partial charge in [-0.2, -0.15) is 0 Å². The minimum absolute atomic E-state index is 0.222. The number of nitrogens with one attached hydrogen (secondary N) is 1. The first-order chi connectivity index (χ1) is 9.63. The van der Waals surface area contributed by atoms with Crippen LogP contribution in [-0.2, 0) is 4.79 Å². The van der Waals surface area contributed by atoms with E-state index in [2.05, 4.69) is 31.3 Å². The Labute approximate surface area is 121 Å². The van der Waals surface area contributed by atoms with E-state index in [9.17, 15) is 4.79 Å². The molecule has 0 bridgehead atoms. The van der Waals surface area contributed by atoms with Crippen LogP contribution in [0, 0.1) is 0 Å². The van der Waals surface area contributed by atoms with Gasteiger partial charge in [0.2, 0.25) is 5.91 Å². The Hall–Kier alpha value is -1.55. The maximum atomic E-state index is 10.6. The molecule has 1 unspecified atom stereocenters. The number of carbonyl (C=O) groups is 1. The van der Waals surface area contributed by atoms with Crippen molar-refractivity contribution in [2.24, 2.45) is 5.73 Å². The molecule has 0 radical (unpaired) electrons. The van der Waals surface area contributed by atoms with Crippen LogP contribution in [0.15, 0.2) is 24.3 Å². The van der Waals surface area contributed by atoms with Crippen molar-refractivity contribution < 1.29 is 9.53 Å². The molecule has 0 heterocycles. The summed E-state index contributed by atoms with van der Waals surface area (Å²) in [7, 11) is 0. The van der Waals surface area contributed by atoms with Crippen LogP contribution in [0.4, 0.5) is 0 Å². The Morgan fingerprint density at radius 1 is 1.30 bits per heavy atom. The molecule has 0 saturated heterocycles. The van der Waals surface area contributed by atoms with E-state index in [0.29, 0.717) is 12.5 Å². The highest BCUT2D eigenvalue weighted by Crippen LogP contribution is 2.17. The molecule has 1 atom stereocenters. The summed E-state index contributed by atoms with van der Waals surface area (Å²) in [5.74, 6) is 0.699. The summed E-state index contributed by atoms with van der Waals surface area (Å²) in [5, 5.41) is 3.44. The molecule has 4 heteroatoms. The highest BCUT2D eigenvalue weighted by atomic mass is 16.5. The summed E-state index contributed by atoms with van der Waals surface area (Å²) >= 11 is 0. The monoisotopic (exact) mass is 278 g/mol. The fourth-order valence-electron chi connectivity index (χ4n) is 1.93. The summed E-state index contributed by atoms with van der Waals surface area (Å²) in [6.07, 6.45) is 3.30. The van der Waals surface area contributed by atoms with Crippen molar-refractivity contribution in [3.05, 3.63) is 29.8 Å². The zero-order valence-electron chi connectivity index (χ0n) is 12.5. The first kappa shape index (κ1) is 16.5. The van der Waals surface area contributed by atoms with Crippen LogP contribution in [-0.4, -0.2) is 19.1 Å². The number of nitrogens with two attached hydrogens (primary N) is 1. The highest BCUT2D eigenvalue weighted by Gasteiger charge is 2.04. The van der Waals surface area contributed by atoms with E-state index in [1.54, 1.807) is 0 Å². The number of carbonyl (C=O) groups excluding carboxylic acids is 1. The van der Waals surface area contributed by atoms with Crippen molar-refractivity contribution in [2.45, 2.75) is 45.6 Å². The lowest BCUT2D eigenvalue weighted by molar-refractivity contribution is -0.118. The van der Waals surface area contributed by atoms with Gasteiger partial charge in [-0.15, -0.1) is 0 Å². The molecule has 1 amide bonds. The van der Waals surface area contributed by atoms with Gasteiger partial charge in [-0.25, -0.2) is 0 Å². The zero-order valence-corrected chi connectivity index (χ0v) is 12.5. The average molecular weight is 278 g/mol. The second-order valence-electron chi connectivity index (χ2n) is 5.02. The third-order valence-electron chi connectivity index (χ3n) is 3.15. The number of primary amides is 1. The Kier molecular flexibility index (Phi) is 7.73. The number of hydrogen-bond donors (Lipinski definition) is 2.